The van der Waals surface area contributed by atoms with Crippen LogP contribution in [0.3, 0.4) is 0 Å². The molecule has 0 spiro atoms. The summed E-state index contributed by atoms with van der Waals surface area (Å²) in [5.41, 5.74) is 1.70. The van der Waals surface area contributed by atoms with Gasteiger partial charge in [0.15, 0.2) is 0 Å². The highest BCUT2D eigenvalue weighted by atomic mass is 16.2. The van der Waals surface area contributed by atoms with Crippen LogP contribution < -0.4 is 5.32 Å². The van der Waals surface area contributed by atoms with E-state index in [1.165, 1.54) is 0 Å². The van der Waals surface area contributed by atoms with E-state index < -0.39 is 11.8 Å². The molecule has 21 heavy (non-hydrogen) atoms. The Bertz CT molecular complexity index is 485. The van der Waals surface area contributed by atoms with Gasteiger partial charge >= 0.3 is 11.8 Å². The van der Waals surface area contributed by atoms with Crippen molar-refractivity contribution < 1.29 is 9.59 Å². The predicted octanol–water partition coefficient (Wildman–Crippen LogP) is 3.07. The van der Waals surface area contributed by atoms with Crippen LogP contribution in [0.1, 0.15) is 33.3 Å². The molecule has 2 amide bonds. The molecule has 0 atom stereocenters. The fourth-order valence-corrected chi connectivity index (χ4v) is 2.17. The van der Waals surface area contributed by atoms with Crippen LogP contribution in [0.25, 0.3) is 0 Å². The molecule has 0 aromatic heterocycles. The van der Waals surface area contributed by atoms with Crippen LogP contribution in [0.2, 0.25) is 0 Å². The minimum atomic E-state index is -0.568. The molecular formula is C17H26N2O2. The van der Waals surface area contributed by atoms with Crippen molar-refractivity contribution in [2.75, 3.05) is 18.4 Å². The van der Waals surface area contributed by atoms with E-state index in [9.17, 15) is 9.59 Å². The summed E-state index contributed by atoms with van der Waals surface area (Å²) < 4.78 is 0. The summed E-state index contributed by atoms with van der Waals surface area (Å²) in [7, 11) is 0. The maximum absolute atomic E-state index is 12.3. The lowest BCUT2D eigenvalue weighted by Gasteiger charge is -2.25. The molecule has 4 heteroatoms. The SMILES string of the molecule is Cc1cccc(NC(=O)C(=O)N(CC(C)C)CC(C)C)c1. The van der Waals surface area contributed by atoms with Crippen molar-refractivity contribution in [2.45, 2.75) is 34.6 Å². The molecule has 0 unspecified atom stereocenters. The van der Waals surface area contributed by atoms with Crippen molar-refractivity contribution in [2.24, 2.45) is 11.8 Å². The third-order valence-corrected chi connectivity index (χ3v) is 2.93. The van der Waals surface area contributed by atoms with Crippen LogP contribution in [-0.2, 0) is 9.59 Å². The van der Waals surface area contributed by atoms with Crippen molar-refractivity contribution in [3.05, 3.63) is 29.8 Å². The summed E-state index contributed by atoms with van der Waals surface area (Å²) in [6.45, 7) is 11.3. The number of benzene rings is 1. The van der Waals surface area contributed by atoms with Gasteiger partial charge in [0.25, 0.3) is 0 Å². The van der Waals surface area contributed by atoms with Crippen molar-refractivity contribution in [1.29, 1.82) is 0 Å². The van der Waals surface area contributed by atoms with Crippen molar-refractivity contribution in [1.82, 2.24) is 4.90 Å². The maximum atomic E-state index is 12.3. The van der Waals surface area contributed by atoms with E-state index in [0.29, 0.717) is 30.6 Å². The van der Waals surface area contributed by atoms with Gasteiger partial charge in [-0.1, -0.05) is 39.8 Å². The van der Waals surface area contributed by atoms with Crippen molar-refractivity contribution >= 4 is 17.5 Å². The number of amides is 2. The smallest absolute Gasteiger partial charge is 0.313 e. The molecule has 4 nitrogen and oxygen atoms in total. The number of nitrogens with one attached hydrogen (secondary N) is 1. The molecule has 0 saturated carbocycles. The second kappa shape index (κ2) is 7.81. The largest absolute Gasteiger partial charge is 0.334 e. The molecule has 1 rings (SSSR count). The first kappa shape index (κ1) is 17.2. The van der Waals surface area contributed by atoms with Crippen LogP contribution in [0.4, 0.5) is 5.69 Å². The molecule has 0 fully saturated rings. The van der Waals surface area contributed by atoms with Gasteiger partial charge in [0.05, 0.1) is 0 Å². The molecule has 1 aromatic carbocycles. The zero-order valence-corrected chi connectivity index (χ0v) is 13.6. The van der Waals surface area contributed by atoms with E-state index in [4.69, 9.17) is 0 Å². The first-order valence-electron chi connectivity index (χ1n) is 7.46. The minimum absolute atomic E-state index is 0.333. The fraction of sp³-hybridized carbons (Fsp3) is 0.529. The van der Waals surface area contributed by atoms with Crippen LogP contribution >= 0.6 is 0 Å². The Morgan fingerprint density at radius 2 is 1.67 bits per heavy atom. The average molecular weight is 290 g/mol. The Hall–Kier alpha value is -1.84. The van der Waals surface area contributed by atoms with E-state index in [-0.39, 0.29) is 0 Å². The predicted molar refractivity (Wildman–Crippen MR) is 86.1 cm³/mol. The van der Waals surface area contributed by atoms with Gasteiger partial charge in [-0.05, 0) is 36.5 Å². The van der Waals surface area contributed by atoms with E-state index >= 15 is 0 Å². The lowest BCUT2D eigenvalue weighted by Crippen LogP contribution is -2.43. The second-order valence-electron chi connectivity index (χ2n) is 6.32. The number of hydrogen-bond acceptors (Lipinski definition) is 2. The van der Waals surface area contributed by atoms with Crippen LogP contribution in [-0.4, -0.2) is 29.8 Å². The third kappa shape index (κ3) is 5.98. The Morgan fingerprint density at radius 1 is 1.10 bits per heavy atom. The van der Waals surface area contributed by atoms with Crippen LogP contribution in [0.15, 0.2) is 24.3 Å². The number of nitrogens with zero attached hydrogens (tertiary/aromatic N) is 1. The first-order valence-corrected chi connectivity index (χ1v) is 7.46. The summed E-state index contributed by atoms with van der Waals surface area (Å²) in [6.07, 6.45) is 0. The molecular weight excluding hydrogens is 264 g/mol. The van der Waals surface area contributed by atoms with E-state index in [0.717, 1.165) is 5.56 Å². The van der Waals surface area contributed by atoms with Gasteiger partial charge in [-0.15, -0.1) is 0 Å². The molecule has 1 aromatic rings. The molecule has 116 valence electrons. The molecule has 0 saturated heterocycles. The molecule has 0 radical (unpaired) electrons. The zero-order chi connectivity index (χ0) is 16.0. The number of hydrogen-bond donors (Lipinski definition) is 1. The second-order valence-corrected chi connectivity index (χ2v) is 6.32. The van der Waals surface area contributed by atoms with E-state index in [1.807, 2.05) is 52.8 Å². The number of aryl methyl sites for hydroxylation is 1. The topological polar surface area (TPSA) is 49.4 Å². The molecule has 0 aliphatic carbocycles. The Kier molecular flexibility index (Phi) is 6.40. The first-order chi connectivity index (χ1) is 9.79. The van der Waals surface area contributed by atoms with Crippen LogP contribution in [0.5, 0.6) is 0 Å². The van der Waals surface area contributed by atoms with Crippen molar-refractivity contribution in [3.63, 3.8) is 0 Å². The molecule has 1 N–H and O–H groups in total. The maximum Gasteiger partial charge on any atom is 0.313 e. The normalized spacial score (nSPS) is 10.8. The van der Waals surface area contributed by atoms with Gasteiger partial charge in [-0.25, -0.2) is 0 Å². The quantitative estimate of drug-likeness (QED) is 0.847. The highest BCUT2D eigenvalue weighted by molar-refractivity contribution is 6.39. The number of carbonyl (C=O) groups is 2. The summed E-state index contributed by atoms with van der Waals surface area (Å²) in [4.78, 5) is 26.1. The average Bonchev–Trinajstić information content (AvgIpc) is 2.35. The zero-order valence-electron chi connectivity index (χ0n) is 13.6. The number of carbonyl (C=O) groups excluding carboxylic acids is 2. The standard InChI is InChI=1S/C17H26N2O2/c1-12(2)10-19(11-13(3)4)17(21)16(20)18-15-8-6-7-14(5)9-15/h6-9,12-13H,10-11H2,1-5H3,(H,18,20). The molecule has 0 aliphatic rings. The Labute approximate surface area is 127 Å². The number of rotatable bonds is 5. The molecule has 0 bridgehead atoms. The summed E-state index contributed by atoms with van der Waals surface area (Å²) in [5, 5.41) is 2.68. The van der Waals surface area contributed by atoms with Gasteiger partial charge in [0, 0.05) is 18.8 Å². The van der Waals surface area contributed by atoms with E-state index in [2.05, 4.69) is 5.32 Å². The van der Waals surface area contributed by atoms with Crippen LogP contribution in [0, 0.1) is 18.8 Å². The van der Waals surface area contributed by atoms with Gasteiger partial charge < -0.3 is 10.2 Å². The van der Waals surface area contributed by atoms with Gasteiger partial charge in [0.1, 0.15) is 0 Å². The van der Waals surface area contributed by atoms with Gasteiger partial charge in [-0.3, -0.25) is 9.59 Å². The van der Waals surface area contributed by atoms with Gasteiger partial charge in [-0.2, -0.15) is 0 Å². The summed E-state index contributed by atoms with van der Waals surface area (Å²) >= 11 is 0. The third-order valence-electron chi connectivity index (χ3n) is 2.93. The summed E-state index contributed by atoms with van der Waals surface area (Å²) in [5.74, 6) is -0.361. The minimum Gasteiger partial charge on any atom is -0.334 e. The van der Waals surface area contributed by atoms with Crippen molar-refractivity contribution in [3.8, 4) is 0 Å². The Morgan fingerprint density at radius 3 is 2.14 bits per heavy atom. The highest BCUT2D eigenvalue weighted by Crippen LogP contribution is 2.11. The number of anilines is 1. The fourth-order valence-electron chi connectivity index (χ4n) is 2.17. The molecule has 0 aliphatic heterocycles. The van der Waals surface area contributed by atoms with E-state index in [1.54, 1.807) is 11.0 Å². The molecule has 0 heterocycles. The Balaban J connectivity index is 2.75. The lowest BCUT2D eigenvalue weighted by molar-refractivity contribution is -0.143. The highest BCUT2D eigenvalue weighted by Gasteiger charge is 2.23. The monoisotopic (exact) mass is 290 g/mol. The van der Waals surface area contributed by atoms with Gasteiger partial charge in [0.2, 0.25) is 0 Å². The lowest BCUT2D eigenvalue weighted by atomic mass is 10.1. The summed E-state index contributed by atoms with van der Waals surface area (Å²) in [6, 6.07) is 7.44.